The Kier molecular flexibility index (Phi) is 7.26. The molecule has 1 aliphatic heterocycles. The lowest BCUT2D eigenvalue weighted by Crippen LogP contribution is -2.33. The minimum absolute atomic E-state index is 0.0217. The number of fused-ring (bicyclic) bond motifs is 2. The maximum Gasteiger partial charge on any atom is 0.264 e. The van der Waals surface area contributed by atoms with Crippen molar-refractivity contribution in [2.24, 2.45) is 5.92 Å². The van der Waals surface area contributed by atoms with E-state index in [0.717, 1.165) is 53.8 Å². The van der Waals surface area contributed by atoms with Gasteiger partial charge in [-0.05, 0) is 80.2 Å². The average Bonchev–Trinajstić information content (AvgIpc) is 3.41. The molecule has 10 nitrogen and oxygen atoms in total. The van der Waals surface area contributed by atoms with Crippen molar-refractivity contribution in [3.05, 3.63) is 71.6 Å². The third kappa shape index (κ3) is 5.19. The number of aryl methyl sites for hydroxylation is 1. The molecule has 0 radical (unpaired) electrons. The molecule has 1 saturated heterocycles. The summed E-state index contributed by atoms with van der Waals surface area (Å²) in [6.45, 7) is 5.05. The SMILES string of the molecule is CCc1cc(-c2ccc3c(NS(=O)(=O)c4ccccc4Cl)ncnn23)cc2cnc(NCC3CCCNC3)nc12. The van der Waals surface area contributed by atoms with Crippen molar-refractivity contribution in [3.8, 4) is 11.3 Å². The van der Waals surface area contributed by atoms with Gasteiger partial charge in [-0.25, -0.2) is 27.9 Å². The summed E-state index contributed by atoms with van der Waals surface area (Å²) in [5.41, 5.74) is 4.22. The number of nitrogens with one attached hydrogen (secondary N) is 3. The third-order valence-electron chi connectivity index (χ3n) is 7.20. The van der Waals surface area contributed by atoms with Gasteiger partial charge in [-0.2, -0.15) is 5.10 Å². The summed E-state index contributed by atoms with van der Waals surface area (Å²) >= 11 is 6.14. The van der Waals surface area contributed by atoms with Crippen molar-refractivity contribution >= 4 is 49.8 Å². The zero-order chi connectivity index (χ0) is 27.7. The van der Waals surface area contributed by atoms with E-state index in [2.05, 4.69) is 43.4 Å². The Morgan fingerprint density at radius 2 is 2.02 bits per heavy atom. The van der Waals surface area contributed by atoms with Crippen LogP contribution in [0.1, 0.15) is 25.3 Å². The van der Waals surface area contributed by atoms with Crippen molar-refractivity contribution < 1.29 is 8.42 Å². The number of benzene rings is 2. The zero-order valence-electron chi connectivity index (χ0n) is 21.9. The molecule has 4 heterocycles. The van der Waals surface area contributed by atoms with Gasteiger partial charge >= 0.3 is 0 Å². The van der Waals surface area contributed by atoms with Crippen molar-refractivity contribution in [2.45, 2.75) is 31.1 Å². The fraction of sp³-hybridized carbons (Fsp3) is 0.286. The first-order chi connectivity index (χ1) is 19.4. The normalized spacial score (nSPS) is 15.9. The molecule has 3 N–H and O–H groups in total. The third-order valence-corrected chi connectivity index (χ3v) is 9.03. The van der Waals surface area contributed by atoms with Crippen LogP contribution in [0.3, 0.4) is 0 Å². The minimum atomic E-state index is -3.96. The summed E-state index contributed by atoms with van der Waals surface area (Å²) in [5, 5.41) is 12.3. The molecule has 0 bridgehead atoms. The molecule has 6 rings (SSSR count). The highest BCUT2D eigenvalue weighted by Crippen LogP contribution is 2.31. The molecule has 1 atom stereocenters. The second kappa shape index (κ2) is 11.0. The Bertz CT molecular complexity index is 1800. The Balaban J connectivity index is 1.32. The number of sulfonamides is 1. The fourth-order valence-corrected chi connectivity index (χ4v) is 6.68. The highest BCUT2D eigenvalue weighted by atomic mass is 35.5. The molecule has 0 spiro atoms. The summed E-state index contributed by atoms with van der Waals surface area (Å²) < 4.78 is 30.3. The van der Waals surface area contributed by atoms with E-state index >= 15 is 0 Å². The maximum atomic E-state index is 13.0. The molecule has 206 valence electrons. The molecule has 2 aromatic carbocycles. The molecule has 1 aliphatic rings. The lowest BCUT2D eigenvalue weighted by Gasteiger charge is -2.22. The van der Waals surface area contributed by atoms with Gasteiger partial charge in [0.05, 0.1) is 16.2 Å². The van der Waals surface area contributed by atoms with E-state index < -0.39 is 10.0 Å². The second-order valence-corrected chi connectivity index (χ2v) is 11.9. The van der Waals surface area contributed by atoms with E-state index in [1.807, 2.05) is 18.3 Å². The average molecular weight is 577 g/mol. The quantitative estimate of drug-likeness (QED) is 0.241. The first-order valence-electron chi connectivity index (χ1n) is 13.3. The molecule has 0 amide bonds. The number of rotatable bonds is 8. The van der Waals surface area contributed by atoms with Crippen LogP contribution in [0, 0.1) is 5.92 Å². The predicted octanol–water partition coefficient (Wildman–Crippen LogP) is 4.77. The van der Waals surface area contributed by atoms with Crippen molar-refractivity contribution in [1.82, 2.24) is 29.9 Å². The summed E-state index contributed by atoms with van der Waals surface area (Å²) in [6.07, 6.45) is 6.36. The number of nitrogens with zero attached hydrogens (tertiary/aromatic N) is 5. The number of piperidine rings is 1. The lowest BCUT2D eigenvalue weighted by molar-refractivity contribution is 0.392. The molecule has 0 saturated carbocycles. The smallest absolute Gasteiger partial charge is 0.264 e. The van der Waals surface area contributed by atoms with Crippen LogP contribution in [0.4, 0.5) is 11.8 Å². The van der Waals surface area contributed by atoms with Gasteiger partial charge in [0.1, 0.15) is 16.7 Å². The van der Waals surface area contributed by atoms with Gasteiger partial charge < -0.3 is 10.6 Å². The summed E-state index contributed by atoms with van der Waals surface area (Å²) in [4.78, 5) is 13.6. The molecule has 3 aromatic heterocycles. The van der Waals surface area contributed by atoms with E-state index in [1.165, 1.54) is 31.3 Å². The van der Waals surface area contributed by atoms with Gasteiger partial charge in [0.15, 0.2) is 5.82 Å². The van der Waals surface area contributed by atoms with Gasteiger partial charge in [0, 0.05) is 23.7 Å². The first-order valence-corrected chi connectivity index (χ1v) is 15.1. The summed E-state index contributed by atoms with van der Waals surface area (Å²) in [6, 6.07) is 14.1. The van der Waals surface area contributed by atoms with Gasteiger partial charge in [-0.1, -0.05) is 30.7 Å². The van der Waals surface area contributed by atoms with Crippen molar-refractivity contribution in [3.63, 3.8) is 0 Å². The van der Waals surface area contributed by atoms with Gasteiger partial charge in [-0.3, -0.25) is 4.72 Å². The van der Waals surface area contributed by atoms with E-state index in [4.69, 9.17) is 16.6 Å². The summed E-state index contributed by atoms with van der Waals surface area (Å²) in [5.74, 6) is 1.37. The molecule has 0 aliphatic carbocycles. The number of aromatic nitrogens is 5. The van der Waals surface area contributed by atoms with Crippen LogP contribution in [0.5, 0.6) is 0 Å². The monoisotopic (exact) mass is 576 g/mol. The Labute approximate surface area is 237 Å². The highest BCUT2D eigenvalue weighted by molar-refractivity contribution is 7.92. The van der Waals surface area contributed by atoms with Crippen LogP contribution in [0.25, 0.3) is 27.7 Å². The van der Waals surface area contributed by atoms with E-state index in [1.54, 1.807) is 22.7 Å². The minimum Gasteiger partial charge on any atom is -0.354 e. The van der Waals surface area contributed by atoms with Gasteiger partial charge in [0.25, 0.3) is 10.0 Å². The van der Waals surface area contributed by atoms with Crippen LogP contribution in [-0.2, 0) is 16.4 Å². The molecule has 1 fully saturated rings. The Morgan fingerprint density at radius 3 is 2.83 bits per heavy atom. The molecule has 1 unspecified atom stereocenters. The number of hydrogen-bond donors (Lipinski definition) is 3. The van der Waals surface area contributed by atoms with E-state index in [-0.39, 0.29) is 15.7 Å². The van der Waals surface area contributed by atoms with E-state index in [0.29, 0.717) is 17.4 Å². The van der Waals surface area contributed by atoms with Gasteiger partial charge in [0.2, 0.25) is 5.95 Å². The predicted molar refractivity (Wildman–Crippen MR) is 157 cm³/mol. The first kappa shape index (κ1) is 26.4. The van der Waals surface area contributed by atoms with Crippen LogP contribution in [0.15, 0.2) is 66.0 Å². The van der Waals surface area contributed by atoms with Crippen molar-refractivity contribution in [2.75, 3.05) is 29.7 Å². The number of anilines is 2. The molecular formula is C28H29ClN8O2S. The topological polar surface area (TPSA) is 126 Å². The van der Waals surface area contributed by atoms with Crippen LogP contribution in [0.2, 0.25) is 5.02 Å². The molecule has 5 aromatic rings. The van der Waals surface area contributed by atoms with Crippen molar-refractivity contribution in [1.29, 1.82) is 0 Å². The number of halogens is 1. The fourth-order valence-electron chi connectivity index (χ4n) is 5.13. The zero-order valence-corrected chi connectivity index (χ0v) is 23.5. The molecule has 40 heavy (non-hydrogen) atoms. The highest BCUT2D eigenvalue weighted by Gasteiger charge is 2.21. The lowest BCUT2D eigenvalue weighted by atomic mass is 10.00. The Morgan fingerprint density at radius 1 is 1.15 bits per heavy atom. The molecular weight excluding hydrogens is 548 g/mol. The number of hydrogen-bond acceptors (Lipinski definition) is 8. The van der Waals surface area contributed by atoms with Crippen LogP contribution < -0.4 is 15.4 Å². The standard InChI is InChI=1S/C28H29ClN8O2S/c1-2-19-12-20(13-21-16-32-28(35-26(19)21)31-15-18-6-5-11-30-14-18)23-9-10-24-27(33-17-34-37(23)24)36-40(38,39)25-8-4-3-7-22(25)29/h3-4,7-10,12-13,16-18,30H,2,5-6,11,14-15H2,1H3,(H,31,32,35)(H,33,34,36). The second-order valence-electron chi connectivity index (χ2n) is 9.87. The maximum absolute atomic E-state index is 13.0. The largest absolute Gasteiger partial charge is 0.354 e. The Hall–Kier alpha value is -3.80. The summed E-state index contributed by atoms with van der Waals surface area (Å²) in [7, 11) is -3.96. The van der Waals surface area contributed by atoms with E-state index in [9.17, 15) is 8.42 Å². The van der Waals surface area contributed by atoms with Crippen LogP contribution in [-0.4, -0.2) is 52.6 Å². The molecule has 12 heteroatoms. The van der Waals surface area contributed by atoms with Crippen LogP contribution >= 0.6 is 11.6 Å². The van der Waals surface area contributed by atoms with Gasteiger partial charge in [-0.15, -0.1) is 0 Å².